The van der Waals surface area contributed by atoms with Crippen molar-refractivity contribution in [3.63, 3.8) is 0 Å². The van der Waals surface area contributed by atoms with Crippen LogP contribution in [0.5, 0.6) is 0 Å². The molecule has 4 aliphatic carbocycles. The van der Waals surface area contributed by atoms with Crippen molar-refractivity contribution in [1.82, 2.24) is 0 Å². The molecular weight excluding hydrogens is 1120 g/mol. The molecule has 8 N–H and O–H groups in total. The van der Waals surface area contributed by atoms with Crippen LogP contribution in [0.25, 0.3) is 0 Å². The Balaban J connectivity index is 0.00000880. The summed E-state index contributed by atoms with van der Waals surface area (Å²) in [6, 6.07) is 0. The van der Waals surface area contributed by atoms with Gasteiger partial charge < -0.3 is 97.5 Å². The maximum absolute atomic E-state index is 14.7. The first-order chi connectivity index (χ1) is 37.9. The van der Waals surface area contributed by atoms with Gasteiger partial charge in [0, 0.05) is 19.4 Å². The molecule has 27 heteroatoms. The van der Waals surface area contributed by atoms with Crippen molar-refractivity contribution in [3.05, 3.63) is 23.3 Å². The van der Waals surface area contributed by atoms with Gasteiger partial charge in [-0.3, -0.25) is 13.8 Å². The summed E-state index contributed by atoms with van der Waals surface area (Å²) >= 11 is 0. The fraction of sp³-hybridized carbons (Fsp3) is 0.891. The van der Waals surface area contributed by atoms with E-state index in [0.717, 1.165) is 5.57 Å². The van der Waals surface area contributed by atoms with Gasteiger partial charge >= 0.3 is 41.5 Å². The summed E-state index contributed by atoms with van der Waals surface area (Å²) in [4.78, 5) is 27.4. The smallest absolute Gasteiger partial charge is 0.726 e. The minimum atomic E-state index is -5.41. The minimum absolute atomic E-state index is 0. The summed E-state index contributed by atoms with van der Waals surface area (Å²) in [7, 11) is -4.20. The Morgan fingerprint density at radius 1 is 0.780 bits per heavy atom. The standard InChI is InChI=1S/C55H86O25S.Na/c1-24(2)12-11-17-54(9)45-30(73-26(4)57)20-53(8)28-13-14-33-51(5,6)34(16-18-52(33,7)27(28)15-19-55(45,53)50(65)79-54)75-49-44(36(60)32(23-71-49)80-81(66,67)68)78-47-38(62)37(61)41(25(3)72-47)76-46-39(63)42(29(58)22-70-46)77-48-40(64)43(69-10)35(59)31(21-56)74-48;/h12-13,25,27,29-49,56,58-64H,11,14-23H2,1-10H3,(H,66,67,68);/q;+1/p-1/t25-,27+,29-,30+,31-,32-,33+,34+,35-,36+,37-,38-,39-,40-,41-,42+,43+,44-,45-,46+,47+,48+,49+,52-,53+,54+,55?;/m1./s1. The Bertz CT molecular complexity index is 2460. The molecule has 5 saturated heterocycles. The molecule has 1 unspecified atom stereocenters. The van der Waals surface area contributed by atoms with Gasteiger partial charge in [-0.25, -0.2) is 8.42 Å². The van der Waals surface area contributed by atoms with Crippen LogP contribution >= 0.6 is 0 Å². The maximum Gasteiger partial charge on any atom is 1.00 e. The number of hydrogen-bond acceptors (Lipinski definition) is 25. The summed E-state index contributed by atoms with van der Waals surface area (Å²) in [5.74, 6) is -0.985. The Morgan fingerprint density at radius 2 is 1.43 bits per heavy atom. The molecule has 0 bridgehead atoms. The molecule has 5 aliphatic heterocycles. The number of carbonyl (C=O) groups is 2. The van der Waals surface area contributed by atoms with Crippen LogP contribution in [0.2, 0.25) is 0 Å². The third kappa shape index (κ3) is 11.8. The Kier molecular flexibility index (Phi) is 20.2. The van der Waals surface area contributed by atoms with Crippen LogP contribution in [0.4, 0.5) is 0 Å². The summed E-state index contributed by atoms with van der Waals surface area (Å²) in [6.45, 7) is 15.7. The Hall–Kier alpha value is -1.39. The van der Waals surface area contributed by atoms with Crippen molar-refractivity contribution in [3.8, 4) is 0 Å². The summed E-state index contributed by atoms with van der Waals surface area (Å²) in [5, 5.41) is 88.3. The van der Waals surface area contributed by atoms with Gasteiger partial charge in [0.2, 0.25) is 10.4 Å². The normalized spacial score (nSPS) is 48.9. The van der Waals surface area contributed by atoms with Crippen LogP contribution in [0.3, 0.4) is 0 Å². The van der Waals surface area contributed by atoms with E-state index < -0.39 is 181 Å². The van der Waals surface area contributed by atoms with Crippen molar-refractivity contribution in [2.24, 2.45) is 39.4 Å². The van der Waals surface area contributed by atoms with E-state index in [1.165, 1.54) is 26.5 Å². The summed E-state index contributed by atoms with van der Waals surface area (Å²) in [5.41, 5.74) is -1.06. The van der Waals surface area contributed by atoms with Crippen molar-refractivity contribution in [1.29, 1.82) is 0 Å². The molecule has 9 rings (SSSR count). The number of ether oxygens (including phenoxy) is 11. The first-order valence-corrected chi connectivity index (χ1v) is 29.7. The monoisotopic (exact) mass is 1200 g/mol. The number of methoxy groups -OCH3 is 1. The van der Waals surface area contributed by atoms with Crippen LogP contribution in [-0.2, 0) is 76.3 Å². The molecule has 0 radical (unpaired) electrons. The number of allylic oxidation sites excluding steroid dienone is 4. The van der Waals surface area contributed by atoms with Gasteiger partial charge in [-0.2, -0.15) is 0 Å². The number of carbonyl (C=O) groups excluding carboxylic acids is 2. The van der Waals surface area contributed by atoms with Crippen LogP contribution in [-0.4, -0.2) is 221 Å². The Morgan fingerprint density at radius 3 is 2.07 bits per heavy atom. The second kappa shape index (κ2) is 24.9. The van der Waals surface area contributed by atoms with Crippen LogP contribution in [0, 0.1) is 39.4 Å². The molecule has 5 heterocycles. The SMILES string of the molecule is CO[C@@H]1[C@@H](O)[C@H](O[C@@H]2[C@@H](O)[C@H](O[C@H]3[C@H](O)[C@@H](O)[C@H](O[C@H]4[C@H](O[C@H]5CC[C@]6(C)[C@H]7CCC89C(=O)O[C@@](C)(CCC=C(C)C)[C@H]8[C@@H](OC(C)=O)C[C@@]9(C)C7=CC[C@H]6C5(C)C)OC[C@@H](OS(=O)(=O)[O-])[C@@H]4O)O[C@@H]3C)OC[C@H]2O)O[C@H](CO)[C@H]1O.[Na+]. The molecule has 3 saturated carbocycles. The summed E-state index contributed by atoms with van der Waals surface area (Å²) in [6.07, 6.45) is -21.3. The molecule has 8 fully saturated rings. The first-order valence-electron chi connectivity index (χ1n) is 28.3. The van der Waals surface area contributed by atoms with E-state index in [4.69, 9.17) is 52.1 Å². The third-order valence-corrected chi connectivity index (χ3v) is 20.6. The number of aliphatic hydroxyl groups is 8. The van der Waals surface area contributed by atoms with E-state index in [0.29, 0.717) is 51.4 Å². The fourth-order valence-corrected chi connectivity index (χ4v) is 16.7. The van der Waals surface area contributed by atoms with E-state index in [2.05, 4.69) is 44.0 Å². The zero-order valence-corrected chi connectivity index (χ0v) is 51.5. The van der Waals surface area contributed by atoms with Crippen LogP contribution in [0.15, 0.2) is 23.3 Å². The second-order valence-corrected chi connectivity index (χ2v) is 26.6. The van der Waals surface area contributed by atoms with E-state index in [1.807, 2.05) is 20.8 Å². The number of esters is 2. The van der Waals surface area contributed by atoms with E-state index in [9.17, 15) is 63.4 Å². The van der Waals surface area contributed by atoms with Gasteiger partial charge in [-0.1, -0.05) is 51.0 Å². The minimum Gasteiger partial charge on any atom is -0.726 e. The largest absolute Gasteiger partial charge is 1.00 e. The predicted molar refractivity (Wildman–Crippen MR) is 274 cm³/mol. The molecule has 0 aromatic carbocycles. The van der Waals surface area contributed by atoms with Gasteiger partial charge in [0.25, 0.3) is 0 Å². The number of fused-ring (bicyclic) bond motifs is 4. The molecule has 82 heavy (non-hydrogen) atoms. The van der Waals surface area contributed by atoms with Gasteiger partial charge in [-0.15, -0.1) is 0 Å². The molecule has 25 nitrogen and oxygen atoms in total. The zero-order chi connectivity index (χ0) is 59.3. The van der Waals surface area contributed by atoms with E-state index in [1.54, 1.807) is 0 Å². The fourth-order valence-electron chi connectivity index (χ4n) is 16.3. The van der Waals surface area contributed by atoms with Crippen molar-refractivity contribution >= 4 is 22.3 Å². The number of hydrogen-bond donors (Lipinski definition) is 8. The predicted octanol–water partition coefficient (Wildman–Crippen LogP) is -2.72. The molecule has 0 aromatic rings. The number of cyclic esters (lactones) is 1. The molecular formula is C55H85NaO25S. The van der Waals surface area contributed by atoms with Gasteiger partial charge in [0.15, 0.2) is 25.2 Å². The molecule has 0 aromatic heterocycles. The third-order valence-electron chi connectivity index (χ3n) is 20.2. The van der Waals surface area contributed by atoms with E-state index >= 15 is 0 Å². The molecule has 462 valence electrons. The first kappa shape index (κ1) is 66.6. The van der Waals surface area contributed by atoms with Gasteiger partial charge in [-0.05, 0) is 102 Å². The average Bonchev–Trinajstić information content (AvgIpc) is 1.52. The quantitative estimate of drug-likeness (QED) is 0.0256. The molecule has 9 aliphatic rings. The van der Waals surface area contributed by atoms with Crippen molar-refractivity contribution < 1.29 is 149 Å². The summed E-state index contributed by atoms with van der Waals surface area (Å²) < 4.78 is 106. The average molecular weight is 1200 g/mol. The topological polar surface area (TPSA) is 364 Å². The van der Waals surface area contributed by atoms with Gasteiger partial charge in [0.1, 0.15) is 91.1 Å². The van der Waals surface area contributed by atoms with Crippen molar-refractivity contribution in [2.75, 3.05) is 26.9 Å². The van der Waals surface area contributed by atoms with Gasteiger partial charge in [0.05, 0.1) is 43.4 Å². The van der Waals surface area contributed by atoms with Crippen molar-refractivity contribution in [2.45, 2.75) is 242 Å². The zero-order valence-electron chi connectivity index (χ0n) is 48.6. The molecule has 1 spiro atoms. The Labute approximate surface area is 500 Å². The van der Waals surface area contributed by atoms with Crippen LogP contribution in [0.1, 0.15) is 114 Å². The van der Waals surface area contributed by atoms with E-state index in [-0.39, 0.29) is 58.7 Å². The maximum atomic E-state index is 14.7. The van der Waals surface area contributed by atoms with Crippen LogP contribution < -0.4 is 29.6 Å². The number of aliphatic hydroxyl groups excluding tert-OH is 8. The number of rotatable bonds is 16. The molecule has 27 atom stereocenters. The molecule has 0 amide bonds. The second-order valence-electron chi connectivity index (χ2n) is 25.6.